The molecular formula is C24H25N5O4. The Morgan fingerprint density at radius 3 is 2.67 bits per heavy atom. The van der Waals surface area contributed by atoms with E-state index >= 15 is 0 Å². The minimum atomic E-state index is -0.254. The number of aryl methyl sites for hydroxylation is 1. The zero-order chi connectivity index (χ0) is 23.2. The summed E-state index contributed by atoms with van der Waals surface area (Å²) in [5.41, 5.74) is 2.51. The van der Waals surface area contributed by atoms with Crippen LogP contribution in [0.5, 0.6) is 11.5 Å². The van der Waals surface area contributed by atoms with Gasteiger partial charge < -0.3 is 14.8 Å². The highest BCUT2D eigenvalue weighted by molar-refractivity contribution is 5.77. The van der Waals surface area contributed by atoms with Gasteiger partial charge in [-0.2, -0.15) is 5.10 Å². The molecule has 0 unspecified atom stereocenters. The molecule has 1 N–H and O–H groups in total. The van der Waals surface area contributed by atoms with Crippen LogP contribution < -0.4 is 20.3 Å². The van der Waals surface area contributed by atoms with Crippen molar-refractivity contribution in [2.24, 2.45) is 0 Å². The van der Waals surface area contributed by atoms with E-state index in [2.05, 4.69) is 15.4 Å². The average molecular weight is 447 g/mol. The number of nitrogens with one attached hydrogen (secondary N) is 1. The monoisotopic (exact) mass is 447 g/mol. The standard InChI is InChI=1S/C24H25N5O4/c1-17-4-3-5-18(12-17)14-28-16-26-23-21(24(28)31)13-27-29(23)11-10-25-22(30)15-33-20-8-6-19(32-2)7-9-20/h3-9,12-13,16H,10-11,14-15H2,1-2H3,(H,25,30). The Labute approximate surface area is 190 Å². The van der Waals surface area contributed by atoms with E-state index in [1.54, 1.807) is 40.6 Å². The Hall–Kier alpha value is -4.14. The van der Waals surface area contributed by atoms with E-state index in [1.165, 1.54) is 12.5 Å². The van der Waals surface area contributed by atoms with Crippen molar-refractivity contribution in [1.82, 2.24) is 24.6 Å². The lowest BCUT2D eigenvalue weighted by Crippen LogP contribution is -2.31. The summed E-state index contributed by atoms with van der Waals surface area (Å²) in [6.45, 7) is 3.07. The summed E-state index contributed by atoms with van der Waals surface area (Å²) in [5, 5.41) is 7.50. The van der Waals surface area contributed by atoms with Gasteiger partial charge in [-0.15, -0.1) is 0 Å². The lowest BCUT2D eigenvalue weighted by atomic mass is 10.1. The second kappa shape index (κ2) is 9.99. The number of carbonyl (C=O) groups excluding carboxylic acids is 1. The van der Waals surface area contributed by atoms with Crippen LogP contribution in [0, 0.1) is 6.92 Å². The van der Waals surface area contributed by atoms with Gasteiger partial charge in [0, 0.05) is 6.54 Å². The molecule has 2 aromatic heterocycles. The molecule has 4 aromatic rings. The van der Waals surface area contributed by atoms with Crippen molar-refractivity contribution in [2.45, 2.75) is 20.0 Å². The zero-order valence-corrected chi connectivity index (χ0v) is 18.5. The van der Waals surface area contributed by atoms with Crippen LogP contribution in [0.25, 0.3) is 11.0 Å². The fourth-order valence-electron chi connectivity index (χ4n) is 3.45. The molecule has 0 fully saturated rings. The van der Waals surface area contributed by atoms with E-state index in [0.29, 0.717) is 42.2 Å². The van der Waals surface area contributed by atoms with Crippen LogP contribution in [-0.4, -0.2) is 45.5 Å². The van der Waals surface area contributed by atoms with Crippen LogP contribution in [0.15, 0.2) is 65.8 Å². The third-order valence-electron chi connectivity index (χ3n) is 5.13. The molecule has 2 heterocycles. The summed E-state index contributed by atoms with van der Waals surface area (Å²) in [6, 6.07) is 15.0. The fraction of sp³-hybridized carbons (Fsp3) is 0.250. The van der Waals surface area contributed by atoms with Crippen molar-refractivity contribution in [2.75, 3.05) is 20.3 Å². The first kappa shape index (κ1) is 22.1. The van der Waals surface area contributed by atoms with E-state index in [-0.39, 0.29) is 18.1 Å². The third-order valence-corrected chi connectivity index (χ3v) is 5.13. The first-order valence-electron chi connectivity index (χ1n) is 10.5. The minimum absolute atomic E-state index is 0.103. The highest BCUT2D eigenvalue weighted by Crippen LogP contribution is 2.16. The van der Waals surface area contributed by atoms with Crippen molar-refractivity contribution >= 4 is 16.9 Å². The minimum Gasteiger partial charge on any atom is -0.497 e. The molecule has 0 aliphatic rings. The predicted molar refractivity (Wildman–Crippen MR) is 124 cm³/mol. The van der Waals surface area contributed by atoms with Gasteiger partial charge in [0.1, 0.15) is 23.2 Å². The molecular weight excluding hydrogens is 422 g/mol. The van der Waals surface area contributed by atoms with Crippen molar-refractivity contribution in [3.8, 4) is 11.5 Å². The first-order chi connectivity index (χ1) is 16.0. The van der Waals surface area contributed by atoms with Crippen LogP contribution >= 0.6 is 0 Å². The molecule has 170 valence electrons. The zero-order valence-electron chi connectivity index (χ0n) is 18.5. The molecule has 9 nitrogen and oxygen atoms in total. The number of hydrogen-bond acceptors (Lipinski definition) is 6. The van der Waals surface area contributed by atoms with E-state index in [9.17, 15) is 9.59 Å². The molecule has 0 aliphatic carbocycles. The molecule has 0 saturated heterocycles. The average Bonchev–Trinajstić information content (AvgIpc) is 3.23. The Balaban J connectivity index is 1.32. The van der Waals surface area contributed by atoms with Crippen molar-refractivity contribution in [1.29, 1.82) is 0 Å². The highest BCUT2D eigenvalue weighted by atomic mass is 16.5. The fourth-order valence-corrected chi connectivity index (χ4v) is 3.45. The van der Waals surface area contributed by atoms with Crippen LogP contribution in [0.4, 0.5) is 0 Å². The maximum atomic E-state index is 12.8. The molecule has 0 saturated carbocycles. The van der Waals surface area contributed by atoms with Gasteiger partial charge in [-0.25, -0.2) is 9.67 Å². The number of ether oxygens (including phenoxy) is 2. The number of fused-ring (bicyclic) bond motifs is 1. The molecule has 1 amide bonds. The maximum absolute atomic E-state index is 12.8. The molecule has 0 aliphatic heterocycles. The molecule has 33 heavy (non-hydrogen) atoms. The lowest BCUT2D eigenvalue weighted by Gasteiger charge is -2.09. The van der Waals surface area contributed by atoms with Gasteiger partial charge in [-0.05, 0) is 36.8 Å². The number of hydrogen-bond donors (Lipinski definition) is 1. The normalized spacial score (nSPS) is 10.8. The van der Waals surface area contributed by atoms with Crippen molar-refractivity contribution < 1.29 is 14.3 Å². The van der Waals surface area contributed by atoms with Gasteiger partial charge >= 0.3 is 0 Å². The molecule has 0 spiro atoms. The van der Waals surface area contributed by atoms with E-state index in [1.807, 2.05) is 31.2 Å². The number of benzene rings is 2. The van der Waals surface area contributed by atoms with Gasteiger partial charge in [0.05, 0.1) is 26.4 Å². The van der Waals surface area contributed by atoms with Gasteiger partial charge in [0.25, 0.3) is 11.5 Å². The Morgan fingerprint density at radius 1 is 1.12 bits per heavy atom. The van der Waals surface area contributed by atoms with Crippen LogP contribution in [0.3, 0.4) is 0 Å². The summed E-state index contributed by atoms with van der Waals surface area (Å²) in [5.74, 6) is 1.04. The number of nitrogens with zero attached hydrogens (tertiary/aromatic N) is 4. The molecule has 0 radical (unpaired) electrons. The summed E-state index contributed by atoms with van der Waals surface area (Å²) in [4.78, 5) is 29.3. The Kier molecular flexibility index (Phi) is 6.68. The first-order valence-corrected chi connectivity index (χ1v) is 10.5. The van der Waals surface area contributed by atoms with Gasteiger partial charge in [0.2, 0.25) is 0 Å². The molecule has 0 atom stereocenters. The number of carbonyl (C=O) groups is 1. The Morgan fingerprint density at radius 2 is 1.91 bits per heavy atom. The quantitative estimate of drug-likeness (QED) is 0.422. The van der Waals surface area contributed by atoms with Crippen molar-refractivity contribution in [3.63, 3.8) is 0 Å². The molecule has 2 aromatic carbocycles. The number of rotatable bonds is 9. The largest absolute Gasteiger partial charge is 0.497 e. The second-order valence-electron chi connectivity index (χ2n) is 7.59. The van der Waals surface area contributed by atoms with Gasteiger partial charge in [-0.1, -0.05) is 29.8 Å². The number of methoxy groups -OCH3 is 1. The van der Waals surface area contributed by atoms with Gasteiger partial charge in [-0.3, -0.25) is 14.2 Å². The summed E-state index contributed by atoms with van der Waals surface area (Å²) < 4.78 is 13.7. The number of aromatic nitrogens is 4. The van der Waals surface area contributed by atoms with E-state index in [4.69, 9.17) is 9.47 Å². The molecule has 0 bridgehead atoms. The van der Waals surface area contributed by atoms with Crippen LogP contribution in [0.2, 0.25) is 0 Å². The maximum Gasteiger partial charge on any atom is 0.264 e. The Bertz CT molecular complexity index is 1310. The molecule has 9 heteroatoms. The third kappa shape index (κ3) is 5.38. The van der Waals surface area contributed by atoms with Gasteiger partial charge in [0.15, 0.2) is 12.3 Å². The lowest BCUT2D eigenvalue weighted by molar-refractivity contribution is -0.123. The summed E-state index contributed by atoms with van der Waals surface area (Å²) in [6.07, 6.45) is 3.05. The predicted octanol–water partition coefficient (Wildman–Crippen LogP) is 2.15. The van der Waals surface area contributed by atoms with Crippen LogP contribution in [0.1, 0.15) is 11.1 Å². The molecule has 4 rings (SSSR count). The van der Waals surface area contributed by atoms with E-state index < -0.39 is 0 Å². The summed E-state index contributed by atoms with van der Waals surface area (Å²) >= 11 is 0. The van der Waals surface area contributed by atoms with Crippen molar-refractivity contribution in [3.05, 3.63) is 82.5 Å². The number of amides is 1. The van der Waals surface area contributed by atoms with Crippen LogP contribution in [-0.2, 0) is 17.9 Å². The van der Waals surface area contributed by atoms with E-state index in [0.717, 1.165) is 11.1 Å². The SMILES string of the molecule is COc1ccc(OCC(=O)NCCn2ncc3c(=O)n(Cc4cccc(C)c4)cnc32)cc1. The highest BCUT2D eigenvalue weighted by Gasteiger charge is 2.11. The smallest absolute Gasteiger partial charge is 0.264 e. The summed E-state index contributed by atoms with van der Waals surface area (Å²) in [7, 11) is 1.59. The second-order valence-corrected chi connectivity index (χ2v) is 7.59. The topological polar surface area (TPSA) is 100 Å².